The van der Waals surface area contributed by atoms with Gasteiger partial charge in [0, 0.05) is 12.6 Å². The third kappa shape index (κ3) is 3.38. The van der Waals surface area contributed by atoms with E-state index in [1.165, 1.54) is 6.42 Å². The summed E-state index contributed by atoms with van der Waals surface area (Å²) in [6, 6.07) is 7.29. The Hall–Kier alpha value is -0.870. The van der Waals surface area contributed by atoms with Crippen LogP contribution >= 0.6 is 0 Å². The highest BCUT2D eigenvalue weighted by molar-refractivity contribution is 7.89. The molecule has 0 spiro atoms. The standard InChI is InChI=1S/C18H29NO2S/c1-6-7-8-15-13-19(17(15)18(3,4)5)22(20,21)16-11-9-14(2)10-12-16/h9-12,15,17H,6-8,13H2,1-5H3/t15-,17-/m0/s1. The molecule has 1 heterocycles. The Bertz CT molecular complexity index is 599. The molecule has 0 radical (unpaired) electrons. The maximum absolute atomic E-state index is 12.9. The summed E-state index contributed by atoms with van der Waals surface area (Å²) in [7, 11) is -3.38. The number of aryl methyl sites for hydroxylation is 1. The largest absolute Gasteiger partial charge is 0.243 e. The first-order chi connectivity index (χ1) is 10.2. The van der Waals surface area contributed by atoms with E-state index in [0.717, 1.165) is 18.4 Å². The van der Waals surface area contributed by atoms with Gasteiger partial charge in [0.1, 0.15) is 0 Å². The van der Waals surface area contributed by atoms with E-state index in [9.17, 15) is 8.42 Å². The van der Waals surface area contributed by atoms with Crippen molar-refractivity contribution in [2.45, 2.75) is 64.8 Å². The van der Waals surface area contributed by atoms with E-state index in [0.29, 0.717) is 17.4 Å². The zero-order valence-corrected chi connectivity index (χ0v) is 15.3. The maximum atomic E-state index is 12.9. The van der Waals surface area contributed by atoms with Crippen molar-refractivity contribution in [2.24, 2.45) is 11.3 Å². The Morgan fingerprint density at radius 2 is 1.77 bits per heavy atom. The number of hydrogen-bond acceptors (Lipinski definition) is 2. The summed E-state index contributed by atoms with van der Waals surface area (Å²) in [4.78, 5) is 0.418. The maximum Gasteiger partial charge on any atom is 0.243 e. The molecule has 0 aromatic heterocycles. The topological polar surface area (TPSA) is 37.4 Å². The van der Waals surface area contributed by atoms with Crippen molar-refractivity contribution in [3.8, 4) is 0 Å². The molecule has 1 aliphatic heterocycles. The van der Waals surface area contributed by atoms with Crippen LogP contribution in [0.2, 0.25) is 0 Å². The van der Waals surface area contributed by atoms with Gasteiger partial charge in [-0.25, -0.2) is 8.42 Å². The van der Waals surface area contributed by atoms with E-state index in [1.54, 1.807) is 16.4 Å². The minimum atomic E-state index is -3.38. The van der Waals surface area contributed by atoms with Gasteiger partial charge in [0.05, 0.1) is 4.90 Å². The van der Waals surface area contributed by atoms with Crippen LogP contribution in [0.15, 0.2) is 29.2 Å². The minimum Gasteiger partial charge on any atom is -0.207 e. The van der Waals surface area contributed by atoms with Gasteiger partial charge in [-0.3, -0.25) is 0 Å². The molecule has 0 N–H and O–H groups in total. The Labute approximate surface area is 135 Å². The van der Waals surface area contributed by atoms with Crippen LogP contribution in [0.25, 0.3) is 0 Å². The first-order valence-corrected chi connectivity index (χ1v) is 9.70. The molecule has 0 bridgehead atoms. The molecule has 3 nitrogen and oxygen atoms in total. The van der Waals surface area contributed by atoms with Crippen LogP contribution in [0.3, 0.4) is 0 Å². The van der Waals surface area contributed by atoms with Gasteiger partial charge in [-0.1, -0.05) is 58.2 Å². The second-order valence-corrected chi connectivity index (χ2v) is 9.49. The van der Waals surface area contributed by atoms with Crippen molar-refractivity contribution in [2.75, 3.05) is 6.54 Å². The van der Waals surface area contributed by atoms with Crippen molar-refractivity contribution in [3.05, 3.63) is 29.8 Å². The lowest BCUT2D eigenvalue weighted by molar-refractivity contribution is 0.00943. The molecule has 0 unspecified atom stereocenters. The summed E-state index contributed by atoms with van der Waals surface area (Å²) < 4.78 is 27.6. The Balaban J connectivity index is 2.25. The minimum absolute atomic E-state index is 0.0333. The third-order valence-electron chi connectivity index (χ3n) is 4.61. The molecule has 22 heavy (non-hydrogen) atoms. The van der Waals surface area contributed by atoms with Crippen LogP contribution in [-0.2, 0) is 10.0 Å². The fourth-order valence-electron chi connectivity index (χ4n) is 3.49. The molecule has 0 saturated carbocycles. The first kappa shape index (κ1) is 17.5. The zero-order valence-electron chi connectivity index (χ0n) is 14.5. The lowest BCUT2D eigenvalue weighted by atomic mass is 9.72. The van der Waals surface area contributed by atoms with Crippen molar-refractivity contribution >= 4 is 10.0 Å². The summed E-state index contributed by atoms with van der Waals surface area (Å²) in [5.74, 6) is 0.486. The van der Waals surface area contributed by atoms with Crippen molar-refractivity contribution < 1.29 is 8.42 Å². The van der Waals surface area contributed by atoms with Crippen molar-refractivity contribution in [1.29, 1.82) is 0 Å². The Morgan fingerprint density at radius 3 is 2.27 bits per heavy atom. The lowest BCUT2D eigenvalue weighted by Crippen LogP contribution is -2.63. The SMILES string of the molecule is CCCC[C@H]1CN(S(=O)(=O)c2ccc(C)cc2)[C@@H]1C(C)(C)C. The summed E-state index contributed by atoms with van der Waals surface area (Å²) in [5.41, 5.74) is 1.05. The fraction of sp³-hybridized carbons (Fsp3) is 0.667. The number of unbranched alkanes of at least 4 members (excludes halogenated alkanes) is 1. The van der Waals surface area contributed by atoms with Crippen molar-refractivity contribution in [3.63, 3.8) is 0 Å². The molecule has 1 fully saturated rings. The smallest absolute Gasteiger partial charge is 0.207 e. The molecular formula is C18H29NO2S. The Kier molecular flexibility index (Phi) is 5.03. The van der Waals surface area contributed by atoms with Crippen LogP contribution in [0.4, 0.5) is 0 Å². The highest BCUT2D eigenvalue weighted by Crippen LogP contribution is 2.43. The normalized spacial score (nSPS) is 23.3. The summed E-state index contributed by atoms with van der Waals surface area (Å²) in [5, 5.41) is 0. The molecule has 2 rings (SSSR count). The summed E-state index contributed by atoms with van der Waals surface area (Å²) in [6.07, 6.45) is 3.46. The first-order valence-electron chi connectivity index (χ1n) is 8.26. The number of hydrogen-bond donors (Lipinski definition) is 0. The summed E-state index contributed by atoms with van der Waals surface area (Å²) >= 11 is 0. The lowest BCUT2D eigenvalue weighted by Gasteiger charge is -2.53. The highest BCUT2D eigenvalue weighted by Gasteiger charge is 2.50. The average molecular weight is 324 g/mol. The van der Waals surface area contributed by atoms with E-state index >= 15 is 0 Å². The van der Waals surface area contributed by atoms with Crippen molar-refractivity contribution in [1.82, 2.24) is 4.31 Å². The number of rotatable bonds is 5. The zero-order chi connectivity index (χ0) is 16.5. The van der Waals surface area contributed by atoms with Gasteiger partial charge < -0.3 is 0 Å². The average Bonchev–Trinajstić information content (AvgIpc) is 2.35. The molecule has 0 aliphatic carbocycles. The molecule has 1 aliphatic rings. The predicted molar refractivity (Wildman–Crippen MR) is 91.3 cm³/mol. The molecule has 1 aromatic carbocycles. The second kappa shape index (κ2) is 6.32. The fourth-order valence-corrected chi connectivity index (χ4v) is 5.42. The summed E-state index contributed by atoms with van der Waals surface area (Å²) in [6.45, 7) is 11.3. The monoisotopic (exact) mass is 323 g/mol. The predicted octanol–water partition coefficient (Wildman–Crippen LogP) is 4.22. The van der Waals surface area contributed by atoms with Gasteiger partial charge in [-0.05, 0) is 36.8 Å². The van der Waals surface area contributed by atoms with Crippen LogP contribution in [-0.4, -0.2) is 25.3 Å². The van der Waals surface area contributed by atoms with Gasteiger partial charge in [-0.15, -0.1) is 0 Å². The molecule has 4 heteroatoms. The quantitative estimate of drug-likeness (QED) is 0.813. The van der Waals surface area contributed by atoms with E-state index in [2.05, 4.69) is 27.7 Å². The molecule has 124 valence electrons. The van der Waals surface area contributed by atoms with E-state index < -0.39 is 10.0 Å². The molecule has 2 atom stereocenters. The van der Waals surface area contributed by atoms with E-state index in [1.807, 2.05) is 19.1 Å². The van der Waals surface area contributed by atoms with Crippen LogP contribution in [0, 0.1) is 18.3 Å². The number of benzene rings is 1. The van der Waals surface area contributed by atoms with Gasteiger partial charge >= 0.3 is 0 Å². The number of nitrogens with zero attached hydrogens (tertiary/aromatic N) is 1. The van der Waals surface area contributed by atoms with E-state index in [-0.39, 0.29) is 11.5 Å². The molecular weight excluding hydrogens is 294 g/mol. The van der Waals surface area contributed by atoms with Crippen LogP contribution in [0.1, 0.15) is 52.5 Å². The van der Waals surface area contributed by atoms with Gasteiger partial charge in [0.2, 0.25) is 10.0 Å². The highest BCUT2D eigenvalue weighted by atomic mass is 32.2. The molecule has 1 aromatic rings. The van der Waals surface area contributed by atoms with Gasteiger partial charge in [0.25, 0.3) is 0 Å². The molecule has 1 saturated heterocycles. The Morgan fingerprint density at radius 1 is 1.18 bits per heavy atom. The molecule has 0 amide bonds. The number of sulfonamides is 1. The van der Waals surface area contributed by atoms with Crippen LogP contribution in [0.5, 0.6) is 0 Å². The van der Waals surface area contributed by atoms with Gasteiger partial charge in [0.15, 0.2) is 0 Å². The van der Waals surface area contributed by atoms with E-state index in [4.69, 9.17) is 0 Å². The van der Waals surface area contributed by atoms with Gasteiger partial charge in [-0.2, -0.15) is 4.31 Å². The second-order valence-electron chi connectivity index (χ2n) is 7.60. The third-order valence-corrected chi connectivity index (χ3v) is 6.48. The van der Waals surface area contributed by atoms with Crippen LogP contribution < -0.4 is 0 Å².